The first kappa shape index (κ1) is 46.6. The second-order valence-electron chi connectivity index (χ2n) is 16.8. The lowest BCUT2D eigenvalue weighted by Crippen LogP contribution is -2.46. The van der Waals surface area contributed by atoms with Crippen LogP contribution in [0.1, 0.15) is 85.2 Å². The number of fused-ring (bicyclic) bond motifs is 14. The Kier molecular flexibility index (Phi) is 14.2. The predicted molar refractivity (Wildman–Crippen MR) is 220 cm³/mol. The van der Waals surface area contributed by atoms with Crippen molar-refractivity contribution in [2.24, 2.45) is 23.7 Å². The Labute approximate surface area is 345 Å². The number of ether oxygens (including phenoxy) is 5. The second-order valence-corrected chi connectivity index (χ2v) is 16.8. The third-order valence-corrected chi connectivity index (χ3v) is 11.6. The largest absolute Gasteiger partial charge is 0.507 e. The fourth-order valence-corrected chi connectivity index (χ4v) is 7.36. The number of hydrogen-bond acceptors (Lipinski definition) is 13. The molecule has 3 aliphatic rings. The van der Waals surface area contributed by atoms with Crippen molar-refractivity contribution in [2.75, 3.05) is 26.1 Å². The maximum atomic E-state index is 14.5. The van der Waals surface area contributed by atoms with Crippen LogP contribution >= 0.6 is 0 Å². The molecule has 0 saturated heterocycles. The molecule has 15 nitrogen and oxygen atoms in total. The van der Waals surface area contributed by atoms with Crippen molar-refractivity contribution < 1.29 is 63.3 Å². The zero-order chi connectivity index (χ0) is 44.5. The van der Waals surface area contributed by atoms with Crippen molar-refractivity contribution >= 4 is 40.0 Å². The molecule has 0 aromatic heterocycles. The van der Waals surface area contributed by atoms with Crippen LogP contribution in [0, 0.1) is 30.6 Å². The van der Waals surface area contributed by atoms with Gasteiger partial charge in [-0.2, -0.15) is 0 Å². The molecule has 3 heterocycles. The molecule has 2 aromatic rings. The number of carbonyl (C=O) groups excluding carboxylic acids is 4. The highest BCUT2D eigenvalue weighted by Gasteiger charge is 2.50. The monoisotopic (exact) mass is 824 g/mol. The van der Waals surface area contributed by atoms with Crippen LogP contribution in [0.15, 0.2) is 42.2 Å². The van der Waals surface area contributed by atoms with Gasteiger partial charge in [-0.1, -0.05) is 45.9 Å². The molecular weight excluding hydrogens is 764 g/mol. The van der Waals surface area contributed by atoms with Crippen LogP contribution in [0.4, 0.5) is 5.69 Å². The summed E-state index contributed by atoms with van der Waals surface area (Å²) in [6, 6.07) is 1.26. The van der Waals surface area contributed by atoms with Crippen molar-refractivity contribution in [3.63, 3.8) is 0 Å². The number of aliphatic hydroxyl groups is 2. The Bertz CT molecular complexity index is 2050. The number of Topliss-reactive ketones (excluding diaryl/α,β-unsaturated/α-hetero) is 1. The van der Waals surface area contributed by atoms with Gasteiger partial charge in [-0.3, -0.25) is 19.2 Å². The van der Waals surface area contributed by atoms with Crippen molar-refractivity contribution in [1.82, 2.24) is 4.90 Å². The molecule has 324 valence electrons. The summed E-state index contributed by atoms with van der Waals surface area (Å²) in [5.74, 6) is -8.13. The molecule has 15 heteroatoms. The molecule has 9 atom stereocenters. The number of hydrogen-bond donors (Lipinski definition) is 5. The Morgan fingerprint density at radius 1 is 0.966 bits per heavy atom. The fraction of sp³-hybridized carbons (Fsp3) is 0.545. The lowest BCUT2D eigenvalue weighted by Gasteiger charge is -2.38. The maximum absolute atomic E-state index is 14.5. The van der Waals surface area contributed by atoms with Crippen molar-refractivity contribution in [3.8, 4) is 23.0 Å². The molecule has 0 fully saturated rings. The highest BCUT2D eigenvalue weighted by Crippen LogP contribution is 2.54. The van der Waals surface area contributed by atoms with E-state index in [0.29, 0.717) is 0 Å². The Morgan fingerprint density at radius 2 is 1.61 bits per heavy atom. The zero-order valence-corrected chi connectivity index (χ0v) is 36.2. The molecule has 0 unspecified atom stereocenters. The lowest BCUT2D eigenvalue weighted by molar-refractivity contribution is -0.160. The van der Waals surface area contributed by atoms with Crippen LogP contribution in [0.5, 0.6) is 23.0 Å². The number of methoxy groups -OCH3 is 1. The Hall–Kier alpha value is -5.12. The number of allylic oxidation sites excluding steroid dienone is 2. The number of phenolic OH excluding ortho intramolecular Hbond substituents is 2. The van der Waals surface area contributed by atoms with Gasteiger partial charge in [-0.05, 0) is 40.7 Å². The molecule has 5 N–H and O–H groups in total. The van der Waals surface area contributed by atoms with Crippen LogP contribution in [0.25, 0.3) is 10.8 Å². The van der Waals surface area contributed by atoms with Crippen LogP contribution < -0.4 is 14.8 Å². The summed E-state index contributed by atoms with van der Waals surface area (Å²) in [5, 5.41) is 48.4. The number of phenols is 2. The molecule has 0 saturated carbocycles. The number of anilines is 1. The molecule has 0 radical (unpaired) electrons. The summed E-state index contributed by atoms with van der Waals surface area (Å²) in [4.78, 5) is 55.1. The molecule has 0 aliphatic carbocycles. The molecule has 0 spiro atoms. The van der Waals surface area contributed by atoms with E-state index in [9.17, 15) is 39.6 Å². The van der Waals surface area contributed by atoms with Gasteiger partial charge in [0.05, 0.1) is 41.2 Å². The number of aromatic hydroxyl groups is 2. The summed E-state index contributed by atoms with van der Waals surface area (Å²) in [6.07, 6.45) is 3.57. The first-order chi connectivity index (χ1) is 27.4. The molecule has 3 aliphatic heterocycles. The zero-order valence-electron chi connectivity index (χ0n) is 36.2. The lowest BCUT2D eigenvalue weighted by atomic mass is 9.78. The van der Waals surface area contributed by atoms with E-state index in [1.807, 2.05) is 20.8 Å². The van der Waals surface area contributed by atoms with Crippen LogP contribution in [-0.2, 0) is 28.6 Å². The average Bonchev–Trinajstić information content (AvgIpc) is 3.44. The van der Waals surface area contributed by atoms with Gasteiger partial charge < -0.3 is 54.3 Å². The second kappa shape index (κ2) is 18.0. The minimum Gasteiger partial charge on any atom is -0.507 e. The number of likely N-dealkylation sites (N-methyl/N-ethyl adjacent to an activating group) is 1. The molecule has 2 aromatic carbocycles. The number of benzene rings is 2. The van der Waals surface area contributed by atoms with Gasteiger partial charge in [0.15, 0.2) is 12.4 Å². The maximum Gasteiger partial charge on any atom is 0.312 e. The summed E-state index contributed by atoms with van der Waals surface area (Å²) < 4.78 is 29.7. The summed E-state index contributed by atoms with van der Waals surface area (Å²) in [5.41, 5.74) is -0.596. The molecular formula is C44H60N2O13. The van der Waals surface area contributed by atoms with Crippen LogP contribution in [-0.4, -0.2) is 105 Å². The first-order valence-electron chi connectivity index (χ1n) is 19.6. The smallest absolute Gasteiger partial charge is 0.312 e. The normalized spacial score (nSPS) is 30.1. The third-order valence-electron chi connectivity index (χ3n) is 11.6. The van der Waals surface area contributed by atoms with Gasteiger partial charge in [-0.15, -0.1) is 0 Å². The van der Waals surface area contributed by atoms with Crippen molar-refractivity contribution in [2.45, 2.75) is 112 Å². The van der Waals surface area contributed by atoms with Crippen LogP contribution in [0.2, 0.25) is 0 Å². The fourth-order valence-electron chi connectivity index (χ4n) is 7.36. The highest BCUT2D eigenvalue weighted by molar-refractivity contribution is 6.21. The first-order valence-corrected chi connectivity index (χ1v) is 19.6. The number of rotatable bonds is 5. The Morgan fingerprint density at radius 3 is 2.20 bits per heavy atom. The number of esters is 1. The SMILES string of the molecule is CO[C@H]1/C=C/O[C@@]2(C)Oc3c(C)c(O)c4c(O)c(cc(OCC(=O)N(C)C(C)(C)C)c4c3C2=O)NC(=O)/C(C)=C\C=C\[C@H](C)[C@H](O)[C@@H](C)[C@@H](O)[C@@H](C)[C@H](OC(C)=O)[C@@H]1C. The predicted octanol–water partition coefficient (Wildman–Crippen LogP) is 5.68. The number of ketones is 1. The highest BCUT2D eigenvalue weighted by atomic mass is 16.7. The molecule has 5 bridgehead atoms. The number of amides is 2. The number of nitrogens with one attached hydrogen (secondary N) is 1. The van der Waals surface area contributed by atoms with E-state index in [2.05, 4.69) is 5.32 Å². The van der Waals surface area contributed by atoms with E-state index in [1.165, 1.54) is 64.2 Å². The molecule has 5 rings (SSSR count). The number of aliphatic hydroxyl groups excluding tert-OH is 2. The Balaban J connectivity index is 1.94. The van der Waals surface area contributed by atoms with E-state index in [-0.39, 0.29) is 44.7 Å². The van der Waals surface area contributed by atoms with Gasteiger partial charge in [0, 0.05) is 79.8 Å². The van der Waals surface area contributed by atoms with E-state index in [4.69, 9.17) is 23.7 Å². The number of nitrogens with zero attached hydrogens (tertiary/aromatic N) is 1. The van der Waals surface area contributed by atoms with Gasteiger partial charge in [0.1, 0.15) is 23.4 Å². The minimum absolute atomic E-state index is 0.0638. The topological polar surface area (TPSA) is 211 Å². The van der Waals surface area contributed by atoms with Gasteiger partial charge in [0.25, 0.3) is 17.6 Å². The van der Waals surface area contributed by atoms with Gasteiger partial charge in [0.2, 0.25) is 0 Å². The molecule has 59 heavy (non-hydrogen) atoms. The summed E-state index contributed by atoms with van der Waals surface area (Å²) in [7, 11) is 3.05. The van der Waals surface area contributed by atoms with Crippen LogP contribution in [0.3, 0.4) is 0 Å². The summed E-state index contributed by atoms with van der Waals surface area (Å²) >= 11 is 0. The van der Waals surface area contributed by atoms with E-state index in [0.717, 1.165) is 0 Å². The number of carbonyl (C=O) groups is 4. The summed E-state index contributed by atoms with van der Waals surface area (Å²) in [6.45, 7) is 17.6. The van der Waals surface area contributed by atoms with Gasteiger partial charge in [-0.25, -0.2) is 0 Å². The van der Waals surface area contributed by atoms with E-state index in [1.54, 1.807) is 46.9 Å². The average molecular weight is 825 g/mol. The van der Waals surface area contributed by atoms with E-state index < -0.39 is 101 Å². The van der Waals surface area contributed by atoms with Gasteiger partial charge >= 0.3 is 11.8 Å². The van der Waals surface area contributed by atoms with Crippen molar-refractivity contribution in [3.05, 3.63) is 53.3 Å². The van der Waals surface area contributed by atoms with E-state index >= 15 is 0 Å². The minimum atomic E-state index is -2.03. The third kappa shape index (κ3) is 9.53. The quantitative estimate of drug-likeness (QED) is 0.182. The van der Waals surface area contributed by atoms with Crippen molar-refractivity contribution in [1.29, 1.82) is 0 Å². The standard InChI is InChI=1S/C44H60N2O13/c1-21-15-14-16-22(2)42(54)45-28-19-30(56-20-31(48)46(12)43(8,9)10)32-33(38(28)52)37(51)26(6)40-34(32)41(53)44(11,59-40)57-18-17-29(55-13)23(3)39(58-27(7)47)25(5)36(50)24(4)35(21)49/h14-19,21,23-25,29,35-36,39,49-52H,20H2,1-13H3,(H,45,54)/b15-14+,18-17+,22-16-/t21-,23+,24+,25+,29-,35-,36+,39+,44-/m0/s1. The molecule has 2 amide bonds.